The molecule has 140 valence electrons. The molecule has 0 unspecified atom stereocenters. The number of para-hydroxylation sites is 1. The van der Waals surface area contributed by atoms with Gasteiger partial charge in [-0.25, -0.2) is 4.68 Å². The van der Waals surface area contributed by atoms with Crippen molar-refractivity contribution in [2.75, 3.05) is 7.05 Å². The molecule has 3 aromatic rings. The molecule has 6 heteroatoms. The summed E-state index contributed by atoms with van der Waals surface area (Å²) in [5.41, 5.74) is 2.04. The Hall–Kier alpha value is -2.31. The van der Waals surface area contributed by atoms with Gasteiger partial charge in [0.15, 0.2) is 5.82 Å². The summed E-state index contributed by atoms with van der Waals surface area (Å²) < 4.78 is 4.72. The fourth-order valence-electron chi connectivity index (χ4n) is 3.85. The molecule has 0 aliphatic heterocycles. The summed E-state index contributed by atoms with van der Waals surface area (Å²) in [6.45, 7) is 0.710. The van der Waals surface area contributed by atoms with Crippen molar-refractivity contribution in [3.05, 3.63) is 59.6 Å². The van der Waals surface area contributed by atoms with Gasteiger partial charge < -0.3 is 0 Å². The van der Waals surface area contributed by atoms with E-state index in [2.05, 4.69) is 33.6 Å². The van der Waals surface area contributed by atoms with Crippen LogP contribution in [0.25, 0.3) is 17.1 Å². The monoisotopic (exact) mass is 379 g/mol. The molecular weight excluding hydrogens is 354 g/mol. The predicted octanol–water partition coefficient (Wildman–Crippen LogP) is 4.69. The first-order valence-electron chi connectivity index (χ1n) is 9.60. The standard InChI is InChI=1S/C21H25N5S/c1-24(18-8-4-2-5-9-18)16-25-21(27)26(19-10-6-3-7-11-19)20(23-25)17-12-14-22-15-13-17/h3,6-7,10-15,18H,2,4-5,8-9,16H2,1H3. The van der Waals surface area contributed by atoms with E-state index >= 15 is 0 Å². The third-order valence-electron chi connectivity index (χ3n) is 5.35. The molecule has 2 aromatic heterocycles. The highest BCUT2D eigenvalue weighted by atomic mass is 32.1. The Morgan fingerprint density at radius 1 is 1.04 bits per heavy atom. The molecule has 0 bridgehead atoms. The fourth-order valence-corrected chi connectivity index (χ4v) is 4.14. The topological polar surface area (TPSA) is 38.9 Å². The summed E-state index contributed by atoms with van der Waals surface area (Å²) in [4.78, 5) is 6.53. The Morgan fingerprint density at radius 3 is 2.44 bits per heavy atom. The van der Waals surface area contributed by atoms with Crippen LogP contribution < -0.4 is 0 Å². The van der Waals surface area contributed by atoms with E-state index < -0.39 is 0 Å². The Balaban J connectivity index is 1.73. The molecule has 0 N–H and O–H groups in total. The van der Waals surface area contributed by atoms with Crippen LogP contribution in [-0.2, 0) is 6.67 Å². The van der Waals surface area contributed by atoms with Crippen LogP contribution in [0, 0.1) is 4.77 Å². The Labute approximate surface area is 165 Å². The van der Waals surface area contributed by atoms with Crippen molar-refractivity contribution in [3.8, 4) is 17.1 Å². The van der Waals surface area contributed by atoms with Gasteiger partial charge in [0, 0.05) is 29.7 Å². The number of nitrogens with zero attached hydrogens (tertiary/aromatic N) is 5. The summed E-state index contributed by atoms with van der Waals surface area (Å²) in [5.74, 6) is 0.852. The van der Waals surface area contributed by atoms with Gasteiger partial charge in [0.25, 0.3) is 0 Å². The first kappa shape index (κ1) is 18.1. The molecule has 5 nitrogen and oxygen atoms in total. The Kier molecular flexibility index (Phi) is 5.45. The summed E-state index contributed by atoms with van der Waals surface area (Å²) in [6.07, 6.45) is 10.1. The van der Waals surface area contributed by atoms with Gasteiger partial charge in [-0.05, 0) is 56.4 Å². The SMILES string of the molecule is CN(Cn1nc(-c2ccncc2)n(-c2ccccc2)c1=S)C1CCCCC1. The van der Waals surface area contributed by atoms with Crippen molar-refractivity contribution in [2.24, 2.45) is 0 Å². The maximum Gasteiger partial charge on any atom is 0.204 e. The van der Waals surface area contributed by atoms with E-state index in [0.29, 0.717) is 12.7 Å². The molecule has 0 spiro atoms. The normalized spacial score (nSPS) is 15.3. The van der Waals surface area contributed by atoms with Gasteiger partial charge in [0.05, 0.1) is 6.67 Å². The molecule has 0 amide bonds. The minimum Gasteiger partial charge on any atom is -0.284 e. The van der Waals surface area contributed by atoms with E-state index in [9.17, 15) is 0 Å². The molecule has 2 heterocycles. The van der Waals surface area contributed by atoms with Gasteiger partial charge in [-0.15, -0.1) is 5.10 Å². The number of hydrogen-bond donors (Lipinski definition) is 0. The summed E-state index contributed by atoms with van der Waals surface area (Å²) in [5, 5.41) is 4.90. The first-order valence-corrected chi connectivity index (χ1v) is 10.0. The number of pyridine rings is 1. The lowest BCUT2D eigenvalue weighted by atomic mass is 9.95. The van der Waals surface area contributed by atoms with Gasteiger partial charge in [0.2, 0.25) is 4.77 Å². The average molecular weight is 380 g/mol. The lowest BCUT2D eigenvalue weighted by molar-refractivity contribution is 0.145. The van der Waals surface area contributed by atoms with Crippen LogP contribution in [0.2, 0.25) is 0 Å². The lowest BCUT2D eigenvalue weighted by Crippen LogP contribution is -2.35. The summed E-state index contributed by atoms with van der Waals surface area (Å²) in [7, 11) is 2.19. The zero-order valence-corrected chi connectivity index (χ0v) is 16.5. The summed E-state index contributed by atoms with van der Waals surface area (Å²) in [6, 6.07) is 14.8. The van der Waals surface area contributed by atoms with Gasteiger partial charge >= 0.3 is 0 Å². The van der Waals surface area contributed by atoms with Crippen LogP contribution in [0.15, 0.2) is 54.9 Å². The highest BCUT2D eigenvalue weighted by Crippen LogP contribution is 2.24. The molecule has 1 aliphatic rings. The fraction of sp³-hybridized carbons (Fsp3) is 0.381. The third kappa shape index (κ3) is 3.87. The molecule has 4 rings (SSSR count). The van der Waals surface area contributed by atoms with Gasteiger partial charge in [-0.3, -0.25) is 14.5 Å². The smallest absolute Gasteiger partial charge is 0.204 e. The van der Waals surface area contributed by atoms with Crippen molar-refractivity contribution in [1.82, 2.24) is 24.2 Å². The van der Waals surface area contributed by atoms with E-state index in [1.54, 1.807) is 12.4 Å². The van der Waals surface area contributed by atoms with Gasteiger partial charge in [-0.1, -0.05) is 37.5 Å². The largest absolute Gasteiger partial charge is 0.284 e. The van der Waals surface area contributed by atoms with Crippen molar-refractivity contribution in [3.63, 3.8) is 0 Å². The quantitative estimate of drug-likeness (QED) is 0.603. The highest BCUT2D eigenvalue weighted by Gasteiger charge is 2.20. The molecule has 0 atom stereocenters. The zero-order chi connectivity index (χ0) is 18.6. The molecular formula is C21H25N5S. The number of hydrogen-bond acceptors (Lipinski definition) is 4. The minimum absolute atomic E-state index is 0.618. The number of rotatable bonds is 5. The molecule has 1 aliphatic carbocycles. The summed E-state index contributed by atoms with van der Waals surface area (Å²) >= 11 is 5.84. The van der Waals surface area contributed by atoms with Gasteiger partial charge in [0.1, 0.15) is 0 Å². The van der Waals surface area contributed by atoms with Crippen molar-refractivity contribution < 1.29 is 0 Å². The van der Waals surface area contributed by atoms with Crippen LogP contribution in [0.1, 0.15) is 32.1 Å². The molecule has 1 aromatic carbocycles. The van der Waals surface area contributed by atoms with E-state index in [-0.39, 0.29) is 0 Å². The first-order chi connectivity index (χ1) is 13.2. The van der Waals surface area contributed by atoms with E-state index in [1.807, 2.05) is 35.0 Å². The Bertz CT molecular complexity index is 926. The van der Waals surface area contributed by atoms with Crippen LogP contribution in [-0.4, -0.2) is 37.3 Å². The van der Waals surface area contributed by atoms with Crippen LogP contribution >= 0.6 is 12.2 Å². The third-order valence-corrected chi connectivity index (χ3v) is 5.74. The Morgan fingerprint density at radius 2 is 1.74 bits per heavy atom. The second-order valence-corrected chi connectivity index (χ2v) is 7.57. The molecule has 1 saturated carbocycles. The zero-order valence-electron chi connectivity index (χ0n) is 15.7. The van der Waals surface area contributed by atoms with Gasteiger partial charge in [-0.2, -0.15) is 0 Å². The van der Waals surface area contributed by atoms with E-state index in [4.69, 9.17) is 17.3 Å². The van der Waals surface area contributed by atoms with Crippen molar-refractivity contribution >= 4 is 12.2 Å². The number of aromatic nitrogens is 4. The van der Waals surface area contributed by atoms with Crippen LogP contribution in [0.5, 0.6) is 0 Å². The van der Waals surface area contributed by atoms with E-state index in [0.717, 1.165) is 21.8 Å². The maximum absolute atomic E-state index is 5.84. The average Bonchev–Trinajstić information content (AvgIpc) is 3.06. The maximum atomic E-state index is 5.84. The highest BCUT2D eigenvalue weighted by molar-refractivity contribution is 7.71. The van der Waals surface area contributed by atoms with Crippen LogP contribution in [0.3, 0.4) is 0 Å². The van der Waals surface area contributed by atoms with Crippen molar-refractivity contribution in [1.29, 1.82) is 0 Å². The van der Waals surface area contributed by atoms with Crippen LogP contribution in [0.4, 0.5) is 0 Å². The molecule has 0 saturated heterocycles. The minimum atomic E-state index is 0.618. The molecule has 0 radical (unpaired) electrons. The predicted molar refractivity (Wildman–Crippen MR) is 110 cm³/mol. The lowest BCUT2D eigenvalue weighted by Gasteiger charge is -2.30. The molecule has 1 fully saturated rings. The van der Waals surface area contributed by atoms with E-state index in [1.165, 1.54) is 32.1 Å². The van der Waals surface area contributed by atoms with Crippen molar-refractivity contribution in [2.45, 2.75) is 44.8 Å². The second-order valence-electron chi connectivity index (χ2n) is 7.20. The second kappa shape index (κ2) is 8.15. The molecule has 27 heavy (non-hydrogen) atoms. The number of benzene rings is 1.